The molecule has 0 atom stereocenters. The second kappa shape index (κ2) is 40.8. The van der Waals surface area contributed by atoms with Crippen LogP contribution in [0.25, 0.3) is 0 Å². The molecule has 0 fully saturated rings. The van der Waals surface area contributed by atoms with Gasteiger partial charge in [-0.3, -0.25) is 14.4 Å². The Balaban J connectivity index is 5.06. The lowest BCUT2D eigenvalue weighted by atomic mass is 9.94. The van der Waals surface area contributed by atoms with Crippen molar-refractivity contribution in [1.82, 2.24) is 4.90 Å². The van der Waals surface area contributed by atoms with Crippen LogP contribution in [0.1, 0.15) is 240 Å². The van der Waals surface area contributed by atoms with E-state index < -0.39 is 0 Å². The second-order valence-electron chi connectivity index (χ2n) is 16.2. The lowest BCUT2D eigenvalue weighted by Gasteiger charge is -2.23. The molecular formula is C48H91NO5. The highest BCUT2D eigenvalue weighted by molar-refractivity contribution is 5.87. The topological polar surface area (TPSA) is 72.9 Å². The van der Waals surface area contributed by atoms with Gasteiger partial charge in [0, 0.05) is 0 Å². The van der Waals surface area contributed by atoms with Crippen LogP contribution in [-0.4, -0.2) is 49.0 Å². The molecule has 0 bridgehead atoms. The van der Waals surface area contributed by atoms with Gasteiger partial charge >= 0.3 is 11.9 Å². The molecule has 0 aromatic carbocycles. The van der Waals surface area contributed by atoms with Gasteiger partial charge in [0.2, 0.25) is 5.91 Å². The molecule has 0 rings (SSSR count). The number of allylic oxidation sites excluding steroid dienone is 1. The maximum atomic E-state index is 13.3. The molecule has 0 radical (unpaired) electrons. The van der Waals surface area contributed by atoms with Gasteiger partial charge in [-0.2, -0.15) is 0 Å². The number of nitrogens with zero attached hydrogens (tertiary/aromatic N) is 1. The first-order chi connectivity index (χ1) is 26.4. The van der Waals surface area contributed by atoms with E-state index in [0.29, 0.717) is 13.1 Å². The summed E-state index contributed by atoms with van der Waals surface area (Å²) in [6.07, 6.45) is 41.4. The van der Waals surface area contributed by atoms with Crippen LogP contribution in [0.15, 0.2) is 12.2 Å². The molecule has 0 unspecified atom stereocenters. The predicted molar refractivity (Wildman–Crippen MR) is 231 cm³/mol. The fraction of sp³-hybridized carbons (Fsp3) is 0.896. The summed E-state index contributed by atoms with van der Waals surface area (Å²) >= 11 is 0. The van der Waals surface area contributed by atoms with Crippen molar-refractivity contribution in [3.63, 3.8) is 0 Å². The molecule has 318 valence electrons. The van der Waals surface area contributed by atoms with Crippen LogP contribution >= 0.6 is 0 Å². The van der Waals surface area contributed by atoms with Crippen molar-refractivity contribution in [2.45, 2.75) is 240 Å². The molecule has 0 N–H and O–H groups in total. The molecule has 0 aliphatic rings. The molecule has 0 aliphatic heterocycles. The van der Waals surface area contributed by atoms with E-state index >= 15 is 0 Å². The number of hydrogen-bond donors (Lipinski definition) is 0. The highest BCUT2D eigenvalue weighted by Gasteiger charge is 2.22. The van der Waals surface area contributed by atoms with E-state index in [1.165, 1.54) is 160 Å². The highest BCUT2D eigenvalue weighted by Crippen LogP contribution is 2.23. The molecule has 54 heavy (non-hydrogen) atoms. The van der Waals surface area contributed by atoms with Crippen LogP contribution in [0.4, 0.5) is 0 Å². The standard InChI is InChI=1S/C48H91NO5/c1-6-11-15-19-23-27-31-36-44(37-32-28-24-20-16-12-7-2)47(51)53-42-40-49(46(50)35-10-5)41-43-54-48(52)45(38-33-29-25-21-17-13-8-3)39-34-30-26-22-18-14-9-4/h10,35,44-45H,6-9,11-34,36-43H2,1-5H3/b35-10-. The molecule has 0 saturated heterocycles. The minimum Gasteiger partial charge on any atom is -0.464 e. The molecule has 1 amide bonds. The van der Waals surface area contributed by atoms with Gasteiger partial charge < -0.3 is 14.4 Å². The smallest absolute Gasteiger partial charge is 0.308 e. The number of carbonyl (C=O) groups is 3. The van der Waals surface area contributed by atoms with Crippen LogP contribution in [-0.2, 0) is 23.9 Å². The van der Waals surface area contributed by atoms with Gasteiger partial charge in [-0.15, -0.1) is 0 Å². The molecule has 0 spiro atoms. The van der Waals surface area contributed by atoms with E-state index in [4.69, 9.17) is 9.47 Å². The summed E-state index contributed by atoms with van der Waals surface area (Å²) in [4.78, 5) is 41.3. The number of ether oxygens (including phenoxy) is 2. The average molecular weight is 762 g/mol. The number of esters is 2. The number of amides is 1. The zero-order chi connectivity index (χ0) is 39.7. The van der Waals surface area contributed by atoms with Crippen LogP contribution < -0.4 is 0 Å². The number of unbranched alkanes of at least 4 members (excludes halogenated alkanes) is 24. The van der Waals surface area contributed by atoms with Crippen molar-refractivity contribution < 1.29 is 23.9 Å². The lowest BCUT2D eigenvalue weighted by Crippen LogP contribution is -2.37. The summed E-state index contributed by atoms with van der Waals surface area (Å²) < 4.78 is 11.7. The fourth-order valence-electron chi connectivity index (χ4n) is 7.48. The van der Waals surface area contributed by atoms with Crippen molar-refractivity contribution >= 4 is 17.8 Å². The molecule has 6 nitrogen and oxygen atoms in total. The number of hydrogen-bond acceptors (Lipinski definition) is 5. The van der Waals surface area contributed by atoms with Crippen molar-refractivity contribution in [3.8, 4) is 0 Å². The maximum absolute atomic E-state index is 13.3. The summed E-state index contributed by atoms with van der Waals surface area (Å²) in [5, 5.41) is 0. The van der Waals surface area contributed by atoms with Crippen LogP contribution in [0, 0.1) is 11.8 Å². The lowest BCUT2D eigenvalue weighted by molar-refractivity contribution is -0.151. The Morgan fingerprint density at radius 1 is 0.426 bits per heavy atom. The average Bonchev–Trinajstić information content (AvgIpc) is 3.17. The van der Waals surface area contributed by atoms with Gasteiger partial charge in [-0.1, -0.05) is 214 Å². The summed E-state index contributed by atoms with van der Waals surface area (Å²) in [6.45, 7) is 11.7. The van der Waals surface area contributed by atoms with Gasteiger partial charge in [0.15, 0.2) is 0 Å². The third-order valence-electron chi connectivity index (χ3n) is 11.1. The fourth-order valence-corrected chi connectivity index (χ4v) is 7.48. The Hall–Kier alpha value is -1.85. The molecule has 0 aromatic heterocycles. The first-order valence-corrected chi connectivity index (χ1v) is 23.7. The normalized spacial score (nSPS) is 11.6. The SMILES string of the molecule is C/C=C\C(=O)N(CCOC(=O)C(CCCCCCCCC)CCCCCCCCC)CCOC(=O)C(CCCCCCCCC)CCCCCCCCC. The second-order valence-corrected chi connectivity index (χ2v) is 16.2. The van der Waals surface area contributed by atoms with Crippen LogP contribution in [0.5, 0.6) is 0 Å². The summed E-state index contributed by atoms with van der Waals surface area (Å²) in [6, 6.07) is 0. The van der Waals surface area contributed by atoms with Crippen molar-refractivity contribution in [2.24, 2.45) is 11.8 Å². The van der Waals surface area contributed by atoms with Gasteiger partial charge in [0.1, 0.15) is 13.2 Å². The molecule has 0 aliphatic carbocycles. The van der Waals surface area contributed by atoms with E-state index in [-0.39, 0.29) is 42.9 Å². The van der Waals surface area contributed by atoms with Gasteiger partial charge in [-0.25, -0.2) is 0 Å². The van der Waals surface area contributed by atoms with Crippen molar-refractivity contribution in [1.29, 1.82) is 0 Å². The Morgan fingerprint density at radius 2 is 0.685 bits per heavy atom. The van der Waals surface area contributed by atoms with Gasteiger partial charge in [0.25, 0.3) is 0 Å². The zero-order valence-corrected chi connectivity index (χ0v) is 36.8. The quantitative estimate of drug-likeness (QED) is 0.0352. The first kappa shape index (κ1) is 52.2. The van der Waals surface area contributed by atoms with Gasteiger partial charge in [-0.05, 0) is 38.7 Å². The maximum Gasteiger partial charge on any atom is 0.308 e. The van der Waals surface area contributed by atoms with Crippen LogP contribution in [0.3, 0.4) is 0 Å². The first-order valence-electron chi connectivity index (χ1n) is 23.7. The Bertz CT molecular complexity index is 779. The summed E-state index contributed by atoms with van der Waals surface area (Å²) in [5.74, 6) is -0.510. The van der Waals surface area contributed by atoms with Crippen molar-refractivity contribution in [2.75, 3.05) is 26.3 Å². The number of carbonyl (C=O) groups excluding carboxylic acids is 3. The summed E-state index contributed by atoms with van der Waals surface area (Å²) in [5.41, 5.74) is 0. The molecule has 0 saturated carbocycles. The predicted octanol–water partition coefficient (Wildman–Crippen LogP) is 14.3. The minimum atomic E-state index is -0.144. The number of rotatable bonds is 41. The van der Waals surface area contributed by atoms with Crippen molar-refractivity contribution in [3.05, 3.63) is 12.2 Å². The van der Waals surface area contributed by atoms with Gasteiger partial charge in [0.05, 0.1) is 24.9 Å². The van der Waals surface area contributed by atoms with E-state index in [2.05, 4.69) is 27.7 Å². The highest BCUT2D eigenvalue weighted by atomic mass is 16.5. The Morgan fingerprint density at radius 3 is 0.944 bits per heavy atom. The van der Waals surface area contributed by atoms with E-state index in [0.717, 1.165) is 51.4 Å². The largest absolute Gasteiger partial charge is 0.464 e. The Kier molecular flexibility index (Phi) is 39.4. The van der Waals surface area contributed by atoms with E-state index in [1.807, 2.05) is 6.92 Å². The summed E-state index contributed by atoms with van der Waals surface area (Å²) in [7, 11) is 0. The molecule has 0 heterocycles. The monoisotopic (exact) mass is 762 g/mol. The molecule has 0 aromatic rings. The third kappa shape index (κ3) is 32.4. The Labute approximate surface area is 336 Å². The third-order valence-corrected chi connectivity index (χ3v) is 11.1. The van der Waals surface area contributed by atoms with E-state index in [9.17, 15) is 14.4 Å². The molecular weight excluding hydrogens is 671 g/mol. The van der Waals surface area contributed by atoms with Crippen LogP contribution in [0.2, 0.25) is 0 Å². The minimum absolute atomic E-state index is 0.0680. The zero-order valence-electron chi connectivity index (χ0n) is 36.8. The van der Waals surface area contributed by atoms with E-state index in [1.54, 1.807) is 11.0 Å². The molecule has 6 heteroatoms.